The molecule has 0 atom stereocenters. The van der Waals surface area contributed by atoms with E-state index in [4.69, 9.17) is 9.15 Å². The van der Waals surface area contributed by atoms with Gasteiger partial charge in [-0.3, -0.25) is 4.79 Å². The summed E-state index contributed by atoms with van der Waals surface area (Å²) in [5, 5.41) is 0.473. The Hall–Kier alpha value is -1.64. The van der Waals surface area contributed by atoms with Gasteiger partial charge < -0.3 is 13.7 Å². The molecule has 27 heavy (non-hydrogen) atoms. The summed E-state index contributed by atoms with van der Waals surface area (Å²) in [4.78, 5) is 12.8. The monoisotopic (exact) mass is 396 g/mol. The Morgan fingerprint density at radius 2 is 1.85 bits per heavy atom. The van der Waals surface area contributed by atoms with E-state index in [9.17, 15) is 17.8 Å². The maximum atomic E-state index is 12.8. The van der Waals surface area contributed by atoms with Crippen LogP contribution < -0.4 is 39.7 Å². The Bertz CT molecular complexity index is 1090. The predicted molar refractivity (Wildman–Crippen MR) is 97.3 cm³/mol. The van der Waals surface area contributed by atoms with Crippen molar-refractivity contribution in [1.82, 2.24) is 0 Å². The Morgan fingerprint density at radius 3 is 2.52 bits per heavy atom. The van der Waals surface area contributed by atoms with E-state index in [1.165, 1.54) is 6.26 Å². The van der Waals surface area contributed by atoms with Gasteiger partial charge in [-0.05, 0) is 30.5 Å². The van der Waals surface area contributed by atoms with Crippen LogP contribution in [0, 0.1) is 6.92 Å². The van der Waals surface area contributed by atoms with Gasteiger partial charge in [-0.2, -0.15) is 0 Å². The predicted octanol–water partition coefficient (Wildman–Crippen LogP) is 0.0865. The molecule has 0 saturated carbocycles. The average Bonchev–Trinajstić information content (AvgIpc) is 2.59. The van der Waals surface area contributed by atoms with E-state index in [0.29, 0.717) is 27.8 Å². The first-order chi connectivity index (χ1) is 12.3. The van der Waals surface area contributed by atoms with Crippen LogP contribution in [0.3, 0.4) is 0 Å². The molecule has 0 spiro atoms. The van der Waals surface area contributed by atoms with Crippen molar-refractivity contribution in [3.63, 3.8) is 0 Å². The number of hydrogen-bond acceptors (Lipinski definition) is 6. The normalized spacial score (nSPS) is 11.2. The quantitative estimate of drug-likeness (QED) is 0.333. The van der Waals surface area contributed by atoms with Crippen molar-refractivity contribution in [2.45, 2.75) is 13.3 Å². The molecule has 0 fully saturated rings. The van der Waals surface area contributed by atoms with Gasteiger partial charge in [-0.25, -0.2) is 8.42 Å². The first-order valence-electron chi connectivity index (χ1n) is 8.03. The van der Waals surface area contributed by atoms with E-state index < -0.39 is 15.9 Å². The molecule has 3 aromatic rings. The topological polar surface area (TPSA) is 96.6 Å². The summed E-state index contributed by atoms with van der Waals surface area (Å²) < 4.78 is 42.9. The average molecular weight is 396 g/mol. The van der Waals surface area contributed by atoms with Crippen LogP contribution in [0.5, 0.6) is 5.75 Å². The van der Waals surface area contributed by atoms with Crippen LogP contribution in [-0.4, -0.2) is 25.3 Å². The molecule has 0 aliphatic heterocycles. The molecule has 136 valence electrons. The van der Waals surface area contributed by atoms with Gasteiger partial charge in [-0.15, -0.1) is 0 Å². The van der Waals surface area contributed by atoms with Crippen LogP contribution in [0.25, 0.3) is 22.1 Å². The van der Waals surface area contributed by atoms with Crippen LogP contribution >= 0.6 is 0 Å². The van der Waals surface area contributed by atoms with E-state index in [1.54, 1.807) is 19.1 Å². The smallest absolute Gasteiger partial charge is 0.748 e. The van der Waals surface area contributed by atoms with Gasteiger partial charge in [0.25, 0.3) is 0 Å². The van der Waals surface area contributed by atoms with Gasteiger partial charge in [0.15, 0.2) is 0 Å². The maximum Gasteiger partial charge on any atom is 1.00 e. The molecule has 0 amide bonds. The van der Waals surface area contributed by atoms with Crippen molar-refractivity contribution in [2.75, 3.05) is 12.4 Å². The fraction of sp³-hybridized carbons (Fsp3) is 0.211. The molecule has 6 nitrogen and oxygen atoms in total. The van der Waals surface area contributed by atoms with Crippen molar-refractivity contribution in [2.24, 2.45) is 0 Å². The molecule has 1 heterocycles. The van der Waals surface area contributed by atoms with Crippen molar-refractivity contribution in [3.8, 4) is 16.9 Å². The van der Waals surface area contributed by atoms with E-state index in [1.807, 2.05) is 30.3 Å². The summed E-state index contributed by atoms with van der Waals surface area (Å²) in [6, 6.07) is 12.5. The van der Waals surface area contributed by atoms with Crippen molar-refractivity contribution >= 4 is 21.1 Å². The summed E-state index contributed by atoms with van der Waals surface area (Å²) in [7, 11) is -4.25. The molecule has 2 aromatic carbocycles. The zero-order valence-corrected chi connectivity index (χ0v) is 17.9. The number of benzene rings is 2. The van der Waals surface area contributed by atoms with Gasteiger partial charge in [0.05, 0.1) is 27.7 Å². The standard InChI is InChI=1S/C19H18O6S.Na/c1-13-10-15(24-8-5-9-26(21,22)23)11-17-18(13)19(20)16(12-25-17)14-6-3-2-4-7-14;/h2-4,6-7,10-12H,5,8-9H2,1H3,(H,21,22,23);/q;+1/p-1. The summed E-state index contributed by atoms with van der Waals surface area (Å²) in [6.45, 7) is 1.86. The van der Waals surface area contributed by atoms with Crippen molar-refractivity contribution in [1.29, 1.82) is 0 Å². The van der Waals surface area contributed by atoms with E-state index in [-0.39, 0.29) is 48.0 Å². The Balaban J connectivity index is 0.00000261. The third kappa shape index (κ3) is 5.43. The van der Waals surface area contributed by atoms with Gasteiger partial charge in [-0.1, -0.05) is 30.3 Å². The molecular weight excluding hydrogens is 379 g/mol. The zero-order chi connectivity index (χ0) is 18.7. The van der Waals surface area contributed by atoms with Crippen molar-refractivity contribution < 1.29 is 51.7 Å². The molecule has 0 saturated heterocycles. The minimum atomic E-state index is -4.25. The third-order valence-corrected chi connectivity index (χ3v) is 4.73. The maximum absolute atomic E-state index is 12.8. The Kier molecular flexibility index (Phi) is 7.25. The van der Waals surface area contributed by atoms with Crippen molar-refractivity contribution in [3.05, 3.63) is 64.5 Å². The minimum Gasteiger partial charge on any atom is -0.748 e. The molecule has 3 rings (SSSR count). The van der Waals surface area contributed by atoms with Crippen LogP contribution in [0.15, 0.2) is 57.9 Å². The van der Waals surface area contributed by atoms with Crippen LogP contribution in [0.4, 0.5) is 0 Å². The first-order valence-corrected chi connectivity index (χ1v) is 9.61. The first kappa shape index (κ1) is 21.7. The Morgan fingerprint density at radius 1 is 1.15 bits per heavy atom. The summed E-state index contributed by atoms with van der Waals surface area (Å²) in [6.07, 6.45) is 1.52. The van der Waals surface area contributed by atoms with Gasteiger partial charge >= 0.3 is 29.6 Å². The number of rotatable bonds is 6. The second kappa shape index (κ2) is 9.03. The number of aryl methyl sites for hydroxylation is 1. The number of hydrogen-bond donors (Lipinski definition) is 0. The van der Waals surface area contributed by atoms with E-state index >= 15 is 0 Å². The van der Waals surface area contributed by atoms with E-state index in [0.717, 1.165) is 5.56 Å². The SMILES string of the molecule is Cc1cc(OCCCS(=O)(=O)[O-])cc2occ(-c3ccccc3)c(=O)c12.[Na+]. The minimum absolute atomic E-state index is 0. The molecule has 0 N–H and O–H groups in total. The summed E-state index contributed by atoms with van der Waals surface area (Å²) in [5.74, 6) is -0.0244. The van der Waals surface area contributed by atoms with Gasteiger partial charge in [0, 0.05) is 11.8 Å². The van der Waals surface area contributed by atoms with Crippen LogP contribution in [0.1, 0.15) is 12.0 Å². The second-order valence-corrected chi connectivity index (χ2v) is 7.45. The summed E-state index contributed by atoms with van der Waals surface area (Å²) in [5.41, 5.74) is 2.22. The summed E-state index contributed by atoms with van der Waals surface area (Å²) >= 11 is 0. The third-order valence-electron chi connectivity index (χ3n) is 3.94. The molecule has 1 aromatic heterocycles. The second-order valence-electron chi connectivity index (χ2n) is 5.92. The molecule has 0 bridgehead atoms. The molecular formula is C19H17NaO6S. The molecule has 0 radical (unpaired) electrons. The fourth-order valence-electron chi connectivity index (χ4n) is 2.74. The molecule has 0 unspecified atom stereocenters. The Labute approximate surface area is 179 Å². The number of ether oxygens (including phenoxy) is 1. The zero-order valence-electron chi connectivity index (χ0n) is 15.1. The number of fused-ring (bicyclic) bond motifs is 1. The largest absolute Gasteiger partial charge is 1.00 e. The fourth-order valence-corrected chi connectivity index (χ4v) is 3.21. The van der Waals surface area contributed by atoms with Crippen LogP contribution in [-0.2, 0) is 10.1 Å². The van der Waals surface area contributed by atoms with Gasteiger partial charge in [0.1, 0.15) is 17.6 Å². The van der Waals surface area contributed by atoms with Crippen LogP contribution in [0.2, 0.25) is 0 Å². The van der Waals surface area contributed by atoms with E-state index in [2.05, 4.69) is 0 Å². The molecule has 8 heteroatoms. The molecule has 0 aliphatic rings. The van der Waals surface area contributed by atoms with Gasteiger partial charge in [0.2, 0.25) is 5.43 Å². The molecule has 0 aliphatic carbocycles.